The maximum Gasteiger partial charge on any atom is 0.271 e. The van der Waals surface area contributed by atoms with E-state index in [2.05, 4.69) is 10.4 Å². The molecule has 1 N–H and O–H groups in total. The molecule has 3 aromatic carbocycles. The Morgan fingerprint density at radius 3 is 2.42 bits per heavy atom. The van der Waals surface area contributed by atoms with Gasteiger partial charge < -0.3 is 19.7 Å². The largest absolute Gasteiger partial charge is 0.493 e. The Morgan fingerprint density at radius 2 is 1.69 bits per heavy atom. The number of halogens is 2. The van der Waals surface area contributed by atoms with Crippen LogP contribution in [0.2, 0.25) is 0 Å². The highest BCUT2D eigenvalue weighted by molar-refractivity contribution is 6.06. The smallest absolute Gasteiger partial charge is 0.271 e. The number of benzene rings is 3. The molecule has 3 heterocycles. The number of amides is 2. The van der Waals surface area contributed by atoms with Crippen LogP contribution in [-0.4, -0.2) is 51.6 Å². The molecule has 0 aliphatic rings. The van der Waals surface area contributed by atoms with Crippen LogP contribution in [0, 0.1) is 11.6 Å². The molecule has 3 aromatic heterocycles. The number of rotatable bonds is 9. The number of aromatic nitrogens is 3. The summed E-state index contributed by atoms with van der Waals surface area (Å²) in [6.07, 6.45) is 4.67. The third-order valence-electron chi connectivity index (χ3n) is 7.44. The minimum Gasteiger partial charge on any atom is -0.493 e. The first kappa shape index (κ1) is 31.7. The van der Waals surface area contributed by atoms with E-state index < -0.39 is 23.1 Å². The minimum atomic E-state index is -0.823. The number of pyridine rings is 1. The highest BCUT2D eigenvalue weighted by Crippen LogP contribution is 2.36. The maximum absolute atomic E-state index is 15.5. The van der Waals surface area contributed by atoms with E-state index in [1.54, 1.807) is 56.0 Å². The van der Waals surface area contributed by atoms with Crippen LogP contribution in [0.15, 0.2) is 108 Å². The van der Waals surface area contributed by atoms with Gasteiger partial charge in [-0.05, 0) is 73.2 Å². The zero-order valence-corrected chi connectivity index (χ0v) is 26.1. The van der Waals surface area contributed by atoms with Crippen LogP contribution in [0.5, 0.6) is 17.2 Å². The number of carbonyl (C=O) groups excluding carboxylic acids is 2. The molecule has 0 radical (unpaired) electrons. The average Bonchev–Trinajstić information content (AvgIpc) is 3.52. The Bertz CT molecular complexity index is 2230. The fourth-order valence-electron chi connectivity index (χ4n) is 5.19. The molecule has 6 aromatic rings. The van der Waals surface area contributed by atoms with E-state index in [-0.39, 0.29) is 35.3 Å². The first-order valence-electron chi connectivity index (χ1n) is 14.9. The van der Waals surface area contributed by atoms with Crippen LogP contribution in [0.4, 0.5) is 14.5 Å². The predicted octanol–water partition coefficient (Wildman–Crippen LogP) is 6.58. The summed E-state index contributed by atoms with van der Waals surface area (Å²) in [7, 11) is 3.35. The Hall–Kier alpha value is -6.30. The van der Waals surface area contributed by atoms with Crippen molar-refractivity contribution >= 4 is 23.0 Å². The molecule has 0 unspecified atom stereocenters. The van der Waals surface area contributed by atoms with Gasteiger partial charge in [-0.3, -0.25) is 19.0 Å². The molecule has 2 amide bonds. The SMILES string of the molecule is CCOc1ccn(-c2ccc(F)cc2)c(=O)c1C(=O)Nc1ccc(Oc2ccnn3ccc(-c4cccc(C(=O)N(C)C)c4)c23)c(F)c1. The first-order chi connectivity index (χ1) is 23.1. The molecule has 0 saturated carbocycles. The standard InChI is InChI=1S/C36H29F2N5O5/c1-4-47-30-16-18-42(26-11-8-24(37)9-12-26)36(46)32(30)34(44)40-25-10-13-29(28(38)21-25)48-31-14-17-39-43-19-15-27(33(31)43)22-6-5-7-23(20-22)35(45)41(2)3/h5-21H,4H2,1-3H3,(H,40,44). The monoisotopic (exact) mass is 649 g/mol. The van der Waals surface area contributed by atoms with Gasteiger partial charge >= 0.3 is 0 Å². The predicted molar refractivity (Wildman–Crippen MR) is 176 cm³/mol. The number of carbonyl (C=O) groups is 2. The maximum atomic E-state index is 15.5. The zero-order valence-electron chi connectivity index (χ0n) is 26.1. The Labute approximate surface area is 273 Å². The van der Waals surface area contributed by atoms with Crippen molar-refractivity contribution in [3.63, 3.8) is 0 Å². The van der Waals surface area contributed by atoms with E-state index >= 15 is 4.39 Å². The van der Waals surface area contributed by atoms with Gasteiger partial charge in [0.25, 0.3) is 17.4 Å². The summed E-state index contributed by atoms with van der Waals surface area (Å²) in [5.41, 5.74) is 1.92. The fourth-order valence-corrected chi connectivity index (χ4v) is 5.19. The molecule has 0 aliphatic carbocycles. The number of anilines is 1. The van der Waals surface area contributed by atoms with Gasteiger partial charge in [0.1, 0.15) is 22.6 Å². The van der Waals surface area contributed by atoms with Crippen LogP contribution in [-0.2, 0) is 0 Å². The summed E-state index contributed by atoms with van der Waals surface area (Å²) in [6.45, 7) is 1.89. The van der Waals surface area contributed by atoms with Crippen molar-refractivity contribution in [2.45, 2.75) is 6.92 Å². The summed E-state index contributed by atoms with van der Waals surface area (Å²) in [6, 6.07) is 21.1. The summed E-state index contributed by atoms with van der Waals surface area (Å²) >= 11 is 0. The van der Waals surface area contributed by atoms with Gasteiger partial charge in [0.15, 0.2) is 17.3 Å². The van der Waals surface area contributed by atoms with Crippen molar-refractivity contribution in [3.8, 4) is 34.1 Å². The summed E-state index contributed by atoms with van der Waals surface area (Å²) < 4.78 is 43.3. The molecule has 0 aliphatic heterocycles. The third kappa shape index (κ3) is 6.23. The van der Waals surface area contributed by atoms with Crippen LogP contribution >= 0.6 is 0 Å². The molecule has 242 valence electrons. The van der Waals surface area contributed by atoms with Crippen molar-refractivity contribution in [2.24, 2.45) is 0 Å². The number of ether oxygens (including phenoxy) is 2. The van der Waals surface area contributed by atoms with Crippen LogP contribution < -0.4 is 20.3 Å². The van der Waals surface area contributed by atoms with Gasteiger partial charge in [0.05, 0.1) is 12.8 Å². The molecule has 0 saturated heterocycles. The van der Waals surface area contributed by atoms with E-state index in [0.29, 0.717) is 22.5 Å². The van der Waals surface area contributed by atoms with Gasteiger partial charge in [-0.15, -0.1) is 0 Å². The Kier molecular flexibility index (Phi) is 8.71. The second kappa shape index (κ2) is 13.2. The summed E-state index contributed by atoms with van der Waals surface area (Å²) in [4.78, 5) is 40.9. The lowest BCUT2D eigenvalue weighted by molar-refractivity contribution is 0.0827. The number of nitrogens with one attached hydrogen (secondary N) is 1. The zero-order chi connectivity index (χ0) is 33.9. The molecular formula is C36H29F2N5O5. The molecule has 6 rings (SSSR count). The third-order valence-corrected chi connectivity index (χ3v) is 7.44. The van der Waals surface area contributed by atoms with Crippen molar-refractivity contribution in [3.05, 3.63) is 137 Å². The van der Waals surface area contributed by atoms with Crippen LogP contribution in [0.25, 0.3) is 22.3 Å². The van der Waals surface area contributed by atoms with Crippen LogP contribution in [0.3, 0.4) is 0 Å². The van der Waals surface area contributed by atoms with Gasteiger partial charge in [0, 0.05) is 61.1 Å². The van der Waals surface area contributed by atoms with Gasteiger partial charge in [0.2, 0.25) is 0 Å². The van der Waals surface area contributed by atoms with E-state index in [1.165, 1.54) is 64.3 Å². The summed E-state index contributed by atoms with van der Waals surface area (Å²) in [5, 5.41) is 6.90. The lowest BCUT2D eigenvalue weighted by Crippen LogP contribution is -2.29. The molecule has 0 bridgehead atoms. The number of hydrogen-bond acceptors (Lipinski definition) is 6. The van der Waals surface area contributed by atoms with E-state index in [0.717, 1.165) is 17.2 Å². The lowest BCUT2D eigenvalue weighted by atomic mass is 10.0. The topological polar surface area (TPSA) is 107 Å². The van der Waals surface area contributed by atoms with Crippen molar-refractivity contribution in [2.75, 3.05) is 26.0 Å². The quantitative estimate of drug-likeness (QED) is 0.190. The number of nitrogens with zero attached hydrogens (tertiary/aromatic N) is 4. The Balaban J connectivity index is 1.28. The molecule has 0 atom stereocenters. The molecule has 0 fully saturated rings. The van der Waals surface area contributed by atoms with Crippen LogP contribution in [0.1, 0.15) is 27.6 Å². The highest BCUT2D eigenvalue weighted by Gasteiger charge is 2.22. The minimum absolute atomic E-state index is 0.0418. The lowest BCUT2D eigenvalue weighted by Gasteiger charge is -2.14. The van der Waals surface area contributed by atoms with E-state index in [4.69, 9.17) is 9.47 Å². The Morgan fingerprint density at radius 1 is 0.896 bits per heavy atom. The van der Waals surface area contributed by atoms with Crippen molar-refractivity contribution in [1.29, 1.82) is 0 Å². The first-order valence-corrected chi connectivity index (χ1v) is 14.9. The van der Waals surface area contributed by atoms with E-state index in [9.17, 15) is 18.8 Å². The molecule has 12 heteroatoms. The molecule has 0 spiro atoms. The number of hydrogen-bond donors (Lipinski definition) is 1. The second-order valence-corrected chi connectivity index (χ2v) is 10.8. The van der Waals surface area contributed by atoms with Gasteiger partial charge in [-0.2, -0.15) is 5.10 Å². The second-order valence-electron chi connectivity index (χ2n) is 10.8. The fraction of sp³-hybridized carbons (Fsp3) is 0.111. The molecule has 48 heavy (non-hydrogen) atoms. The summed E-state index contributed by atoms with van der Waals surface area (Å²) in [5.74, 6) is -2.01. The highest BCUT2D eigenvalue weighted by atomic mass is 19.1. The van der Waals surface area contributed by atoms with Crippen molar-refractivity contribution in [1.82, 2.24) is 19.1 Å². The molecular weight excluding hydrogens is 620 g/mol. The molecule has 10 nitrogen and oxygen atoms in total. The number of fused-ring (bicyclic) bond motifs is 1. The average molecular weight is 650 g/mol. The van der Waals surface area contributed by atoms with Gasteiger partial charge in [-0.25, -0.2) is 13.3 Å². The van der Waals surface area contributed by atoms with Gasteiger partial charge in [-0.1, -0.05) is 12.1 Å². The van der Waals surface area contributed by atoms with Crippen molar-refractivity contribution < 1.29 is 27.8 Å². The normalized spacial score (nSPS) is 10.9. The van der Waals surface area contributed by atoms with E-state index in [1.807, 2.05) is 12.1 Å².